The lowest BCUT2D eigenvalue weighted by atomic mass is 9.78. The highest BCUT2D eigenvalue weighted by Crippen LogP contribution is 2.35. The Bertz CT molecular complexity index is 376. The van der Waals surface area contributed by atoms with Gasteiger partial charge in [-0.3, -0.25) is 0 Å². The Kier molecular flexibility index (Phi) is 6.21. The van der Waals surface area contributed by atoms with Gasteiger partial charge in [0.15, 0.2) is 0 Å². The zero-order valence-corrected chi connectivity index (χ0v) is 13.5. The Balaban J connectivity index is 1.95. The second-order valence-electron chi connectivity index (χ2n) is 6.07. The molecule has 6 heteroatoms. The molecule has 0 bridgehead atoms. The molecular weight excluding hydrogens is 288 g/mol. The topological polar surface area (TPSA) is 69.6 Å². The van der Waals surface area contributed by atoms with Gasteiger partial charge in [-0.25, -0.2) is 9.59 Å². The van der Waals surface area contributed by atoms with Crippen LogP contribution < -0.4 is 5.32 Å². The van der Waals surface area contributed by atoms with Gasteiger partial charge in [0.25, 0.3) is 0 Å². The van der Waals surface area contributed by atoms with Gasteiger partial charge in [0.2, 0.25) is 0 Å². The zero-order valence-electron chi connectivity index (χ0n) is 12.7. The molecule has 5 nitrogen and oxygen atoms in total. The van der Waals surface area contributed by atoms with Gasteiger partial charge in [-0.2, -0.15) is 11.8 Å². The van der Waals surface area contributed by atoms with E-state index in [2.05, 4.69) is 5.32 Å². The maximum Gasteiger partial charge on any atom is 0.326 e. The van der Waals surface area contributed by atoms with Crippen LogP contribution in [-0.2, 0) is 4.79 Å². The second kappa shape index (κ2) is 7.92. The molecule has 3 atom stereocenters. The van der Waals surface area contributed by atoms with Crippen molar-refractivity contribution in [1.82, 2.24) is 10.2 Å². The van der Waals surface area contributed by atoms with Crippen LogP contribution in [0.15, 0.2) is 0 Å². The number of fused-ring (bicyclic) bond motifs is 1. The summed E-state index contributed by atoms with van der Waals surface area (Å²) in [6.45, 7) is 0.766. The number of thioether (sulfide) groups is 1. The molecule has 0 aromatic carbocycles. The lowest BCUT2D eigenvalue weighted by Crippen LogP contribution is -2.56. The number of carboxylic acids is 1. The molecule has 1 saturated carbocycles. The number of nitrogens with one attached hydrogen (secondary N) is 1. The van der Waals surface area contributed by atoms with Gasteiger partial charge in [-0.05, 0) is 50.0 Å². The number of likely N-dealkylation sites (tertiary alicyclic amines) is 1. The third kappa shape index (κ3) is 4.28. The molecule has 0 aromatic heterocycles. The highest BCUT2D eigenvalue weighted by molar-refractivity contribution is 7.98. The summed E-state index contributed by atoms with van der Waals surface area (Å²) in [5.74, 6) is 0.422. The summed E-state index contributed by atoms with van der Waals surface area (Å²) in [7, 11) is 0. The Hall–Kier alpha value is -0.910. The van der Waals surface area contributed by atoms with Gasteiger partial charge >= 0.3 is 12.0 Å². The van der Waals surface area contributed by atoms with Crippen molar-refractivity contribution in [2.24, 2.45) is 5.92 Å². The highest BCUT2D eigenvalue weighted by atomic mass is 32.2. The van der Waals surface area contributed by atoms with Gasteiger partial charge < -0.3 is 15.3 Å². The van der Waals surface area contributed by atoms with Crippen LogP contribution in [0, 0.1) is 5.92 Å². The number of carbonyl (C=O) groups is 2. The average Bonchev–Trinajstić information content (AvgIpc) is 2.50. The summed E-state index contributed by atoms with van der Waals surface area (Å²) in [5.41, 5.74) is 0. The van der Waals surface area contributed by atoms with Crippen LogP contribution in [-0.4, -0.2) is 52.6 Å². The first kappa shape index (κ1) is 16.5. The van der Waals surface area contributed by atoms with Crippen LogP contribution >= 0.6 is 11.8 Å². The fourth-order valence-corrected chi connectivity index (χ4v) is 4.07. The monoisotopic (exact) mass is 314 g/mol. The van der Waals surface area contributed by atoms with Crippen molar-refractivity contribution >= 4 is 23.8 Å². The molecule has 1 aliphatic heterocycles. The lowest BCUT2D eigenvalue weighted by Gasteiger charge is -2.44. The molecule has 2 aliphatic rings. The van der Waals surface area contributed by atoms with Gasteiger partial charge in [0, 0.05) is 12.6 Å². The number of carboxylic acid groups (broad SMARTS) is 1. The first-order valence-corrected chi connectivity index (χ1v) is 9.31. The van der Waals surface area contributed by atoms with E-state index in [4.69, 9.17) is 0 Å². The lowest BCUT2D eigenvalue weighted by molar-refractivity contribution is -0.139. The number of amides is 2. The Morgan fingerprint density at radius 1 is 1.29 bits per heavy atom. The van der Waals surface area contributed by atoms with Crippen LogP contribution in [0.3, 0.4) is 0 Å². The summed E-state index contributed by atoms with van der Waals surface area (Å²) in [6.07, 6.45) is 9.40. The third-order valence-corrected chi connectivity index (χ3v) is 5.35. The van der Waals surface area contributed by atoms with Crippen LogP contribution in [0.1, 0.15) is 44.9 Å². The molecular formula is C15H26N2O3S. The van der Waals surface area contributed by atoms with Crippen molar-refractivity contribution in [1.29, 1.82) is 0 Å². The van der Waals surface area contributed by atoms with E-state index in [1.165, 1.54) is 25.7 Å². The highest BCUT2D eigenvalue weighted by Gasteiger charge is 2.36. The van der Waals surface area contributed by atoms with E-state index >= 15 is 0 Å². The van der Waals surface area contributed by atoms with Crippen molar-refractivity contribution < 1.29 is 14.7 Å². The Morgan fingerprint density at radius 2 is 2.00 bits per heavy atom. The third-order valence-electron chi connectivity index (χ3n) is 4.71. The molecule has 1 aliphatic carbocycles. The van der Waals surface area contributed by atoms with E-state index in [1.54, 1.807) is 11.8 Å². The van der Waals surface area contributed by atoms with E-state index in [1.807, 2.05) is 11.2 Å². The number of hydrogen-bond donors (Lipinski definition) is 2. The maximum atomic E-state index is 12.5. The number of rotatable bonds is 5. The standard InChI is InChI=1S/C15H26N2O3S/c1-21-10-8-12(14(18)19)16-15(20)17-9-4-6-11-5-2-3-7-13(11)17/h11-13H,2-10H2,1H3,(H,16,20)(H,18,19)/t11-,12-,13-/m1/s1. The Morgan fingerprint density at radius 3 is 2.71 bits per heavy atom. The predicted octanol–water partition coefficient (Wildman–Crippen LogP) is 2.56. The maximum absolute atomic E-state index is 12.5. The van der Waals surface area contributed by atoms with Crippen molar-refractivity contribution in [3.05, 3.63) is 0 Å². The minimum atomic E-state index is -0.936. The number of aliphatic carboxylic acids is 1. The van der Waals surface area contributed by atoms with Crippen molar-refractivity contribution in [3.8, 4) is 0 Å². The minimum absolute atomic E-state index is 0.180. The molecule has 2 fully saturated rings. The van der Waals surface area contributed by atoms with E-state index in [9.17, 15) is 14.7 Å². The van der Waals surface area contributed by atoms with E-state index < -0.39 is 12.0 Å². The molecule has 21 heavy (non-hydrogen) atoms. The normalized spacial score (nSPS) is 26.8. The SMILES string of the molecule is CSCC[C@@H](NC(=O)N1CCC[C@H]2CCCC[C@H]21)C(=O)O. The smallest absolute Gasteiger partial charge is 0.326 e. The summed E-state index contributed by atoms with van der Waals surface area (Å²) in [6, 6.07) is -0.628. The molecule has 2 amide bonds. The van der Waals surface area contributed by atoms with E-state index in [0.717, 1.165) is 25.1 Å². The minimum Gasteiger partial charge on any atom is -0.480 e. The fraction of sp³-hybridized carbons (Fsp3) is 0.867. The second-order valence-corrected chi connectivity index (χ2v) is 7.05. The van der Waals surface area contributed by atoms with Crippen molar-refractivity contribution in [2.45, 2.75) is 57.0 Å². The molecule has 2 rings (SSSR count). The van der Waals surface area contributed by atoms with Gasteiger partial charge in [-0.15, -0.1) is 0 Å². The Labute approximate surface area is 130 Å². The van der Waals surface area contributed by atoms with Gasteiger partial charge in [0.05, 0.1) is 0 Å². The average molecular weight is 314 g/mol. The number of hydrogen-bond acceptors (Lipinski definition) is 3. The van der Waals surface area contributed by atoms with Crippen LogP contribution in [0.4, 0.5) is 4.79 Å². The van der Waals surface area contributed by atoms with Crippen molar-refractivity contribution in [2.75, 3.05) is 18.6 Å². The summed E-state index contributed by atoms with van der Waals surface area (Å²) in [4.78, 5) is 25.6. The predicted molar refractivity (Wildman–Crippen MR) is 84.6 cm³/mol. The van der Waals surface area contributed by atoms with Crippen LogP contribution in [0.2, 0.25) is 0 Å². The van der Waals surface area contributed by atoms with Crippen LogP contribution in [0.25, 0.3) is 0 Å². The van der Waals surface area contributed by atoms with Crippen LogP contribution in [0.5, 0.6) is 0 Å². The molecule has 2 N–H and O–H groups in total. The molecule has 0 radical (unpaired) electrons. The largest absolute Gasteiger partial charge is 0.480 e. The molecule has 1 saturated heterocycles. The summed E-state index contributed by atoms with van der Waals surface area (Å²) < 4.78 is 0. The zero-order chi connectivity index (χ0) is 15.2. The van der Waals surface area contributed by atoms with Crippen molar-refractivity contribution in [3.63, 3.8) is 0 Å². The first-order valence-electron chi connectivity index (χ1n) is 7.92. The quantitative estimate of drug-likeness (QED) is 0.818. The van der Waals surface area contributed by atoms with E-state index in [-0.39, 0.29) is 6.03 Å². The first-order chi connectivity index (χ1) is 10.1. The molecule has 0 unspecified atom stereocenters. The number of carbonyl (C=O) groups excluding carboxylic acids is 1. The van der Waals surface area contributed by atoms with E-state index in [0.29, 0.717) is 18.4 Å². The molecule has 0 spiro atoms. The molecule has 0 aromatic rings. The summed E-state index contributed by atoms with van der Waals surface area (Å²) >= 11 is 1.60. The van der Waals surface area contributed by atoms with Gasteiger partial charge in [0.1, 0.15) is 6.04 Å². The fourth-order valence-electron chi connectivity index (χ4n) is 3.60. The number of piperidine rings is 1. The summed E-state index contributed by atoms with van der Waals surface area (Å²) in [5, 5.41) is 12.0. The molecule has 120 valence electrons. The number of urea groups is 1. The number of nitrogens with zero attached hydrogens (tertiary/aromatic N) is 1. The van der Waals surface area contributed by atoms with Gasteiger partial charge in [-0.1, -0.05) is 12.8 Å². The molecule has 1 heterocycles.